The normalized spacial score (nSPS) is 10.4. The lowest BCUT2D eigenvalue weighted by molar-refractivity contribution is 0.394. The summed E-state index contributed by atoms with van der Waals surface area (Å²) in [7, 11) is 1.57. The zero-order valence-electron chi connectivity index (χ0n) is 10.3. The van der Waals surface area contributed by atoms with Crippen LogP contribution in [0.1, 0.15) is 17.5 Å². The number of hydrogen-bond donors (Lipinski definition) is 1. The molecule has 0 bridgehead atoms. The van der Waals surface area contributed by atoms with Gasteiger partial charge in [0.25, 0.3) is 0 Å². The average molecular weight is 329 g/mol. The summed E-state index contributed by atoms with van der Waals surface area (Å²) in [4.78, 5) is 14.1. The van der Waals surface area contributed by atoms with Crippen molar-refractivity contribution in [3.8, 4) is 5.88 Å². The molecule has 0 saturated carbocycles. The van der Waals surface area contributed by atoms with Crippen LogP contribution in [0.4, 0.5) is 11.1 Å². The lowest BCUT2D eigenvalue weighted by atomic mass is 10.3. The van der Waals surface area contributed by atoms with Crippen LogP contribution in [0.2, 0.25) is 0 Å². The molecule has 0 aliphatic heterocycles. The van der Waals surface area contributed by atoms with Crippen molar-refractivity contribution in [2.45, 2.75) is 20.3 Å². The number of methoxy groups -OCH3 is 1. The van der Waals surface area contributed by atoms with Gasteiger partial charge >= 0.3 is 0 Å². The van der Waals surface area contributed by atoms with E-state index < -0.39 is 0 Å². The number of halogens is 1. The van der Waals surface area contributed by atoms with E-state index >= 15 is 0 Å². The molecule has 0 atom stereocenters. The Kier molecular flexibility index (Phi) is 4.13. The molecular formula is C11H13BrN4OS. The van der Waals surface area contributed by atoms with Gasteiger partial charge in [-0.15, -0.1) is 11.3 Å². The van der Waals surface area contributed by atoms with Gasteiger partial charge in [0.1, 0.15) is 0 Å². The standard InChI is InChI=1S/C11H13BrN4OS/c1-4-8-6(2)18-11(14-8)16-10-13-5-7(12)9(15-10)17-3/h5H,4H2,1-3H3,(H,13,14,15,16). The number of aromatic nitrogens is 3. The van der Waals surface area contributed by atoms with Crippen molar-refractivity contribution in [2.24, 2.45) is 0 Å². The highest BCUT2D eigenvalue weighted by atomic mass is 79.9. The van der Waals surface area contributed by atoms with Gasteiger partial charge in [0, 0.05) is 4.88 Å². The number of rotatable bonds is 4. The topological polar surface area (TPSA) is 59.9 Å². The van der Waals surface area contributed by atoms with Crippen molar-refractivity contribution in [3.63, 3.8) is 0 Å². The molecule has 0 aliphatic rings. The molecule has 2 heterocycles. The van der Waals surface area contributed by atoms with Crippen LogP contribution in [0, 0.1) is 6.92 Å². The summed E-state index contributed by atoms with van der Waals surface area (Å²) in [6.07, 6.45) is 2.57. The Morgan fingerprint density at radius 1 is 1.44 bits per heavy atom. The summed E-state index contributed by atoms with van der Waals surface area (Å²) in [5, 5.41) is 3.89. The van der Waals surface area contributed by atoms with E-state index in [0.717, 1.165) is 21.7 Å². The zero-order chi connectivity index (χ0) is 13.1. The summed E-state index contributed by atoms with van der Waals surface area (Å²) in [6.45, 7) is 4.15. The van der Waals surface area contributed by atoms with E-state index in [1.54, 1.807) is 24.6 Å². The van der Waals surface area contributed by atoms with Crippen LogP contribution in [-0.4, -0.2) is 22.1 Å². The second-order valence-electron chi connectivity index (χ2n) is 3.55. The molecule has 1 N–H and O–H groups in total. The fraction of sp³-hybridized carbons (Fsp3) is 0.364. The minimum absolute atomic E-state index is 0.478. The van der Waals surface area contributed by atoms with E-state index in [-0.39, 0.29) is 0 Å². The maximum absolute atomic E-state index is 5.12. The van der Waals surface area contributed by atoms with Crippen LogP contribution in [0.5, 0.6) is 5.88 Å². The Balaban J connectivity index is 2.22. The Hall–Kier alpha value is -1.21. The molecular weight excluding hydrogens is 316 g/mol. The van der Waals surface area contributed by atoms with Crippen LogP contribution in [-0.2, 0) is 6.42 Å². The van der Waals surface area contributed by atoms with E-state index in [1.165, 1.54) is 4.88 Å². The lowest BCUT2D eigenvalue weighted by Gasteiger charge is -2.04. The number of nitrogens with zero attached hydrogens (tertiary/aromatic N) is 3. The number of anilines is 2. The summed E-state index contributed by atoms with van der Waals surface area (Å²) >= 11 is 4.91. The van der Waals surface area contributed by atoms with E-state index in [1.807, 2.05) is 0 Å². The summed E-state index contributed by atoms with van der Waals surface area (Å²) < 4.78 is 5.84. The van der Waals surface area contributed by atoms with Crippen LogP contribution in [0.3, 0.4) is 0 Å². The SMILES string of the molecule is CCc1nc(Nc2ncc(Br)c(OC)n2)sc1C. The zero-order valence-corrected chi connectivity index (χ0v) is 12.7. The molecule has 0 spiro atoms. The Morgan fingerprint density at radius 3 is 2.83 bits per heavy atom. The summed E-state index contributed by atoms with van der Waals surface area (Å²) in [6, 6.07) is 0. The smallest absolute Gasteiger partial charge is 0.232 e. The van der Waals surface area contributed by atoms with E-state index in [2.05, 4.69) is 50.0 Å². The maximum Gasteiger partial charge on any atom is 0.232 e. The van der Waals surface area contributed by atoms with Crippen molar-refractivity contribution in [2.75, 3.05) is 12.4 Å². The molecule has 2 aromatic heterocycles. The van der Waals surface area contributed by atoms with Gasteiger partial charge in [0.2, 0.25) is 11.8 Å². The maximum atomic E-state index is 5.12. The quantitative estimate of drug-likeness (QED) is 0.932. The molecule has 5 nitrogen and oxygen atoms in total. The third kappa shape index (κ3) is 2.78. The summed E-state index contributed by atoms with van der Waals surface area (Å²) in [5.74, 6) is 0.975. The molecule has 0 unspecified atom stereocenters. The minimum Gasteiger partial charge on any atom is -0.480 e. The number of hydrogen-bond acceptors (Lipinski definition) is 6. The van der Waals surface area contributed by atoms with Gasteiger partial charge in [-0.25, -0.2) is 9.97 Å². The first-order valence-electron chi connectivity index (χ1n) is 5.44. The van der Waals surface area contributed by atoms with Crippen LogP contribution in [0.15, 0.2) is 10.7 Å². The van der Waals surface area contributed by atoms with Gasteiger partial charge in [-0.05, 0) is 29.3 Å². The molecule has 2 rings (SSSR count). The molecule has 0 aliphatic carbocycles. The molecule has 7 heteroatoms. The van der Waals surface area contributed by atoms with E-state index in [0.29, 0.717) is 11.8 Å². The second kappa shape index (κ2) is 5.62. The van der Waals surface area contributed by atoms with Crippen LogP contribution in [0.25, 0.3) is 0 Å². The molecule has 0 radical (unpaired) electrons. The first-order valence-corrected chi connectivity index (χ1v) is 7.04. The third-order valence-electron chi connectivity index (χ3n) is 2.35. The minimum atomic E-state index is 0.478. The fourth-order valence-corrected chi connectivity index (χ4v) is 2.71. The third-order valence-corrected chi connectivity index (χ3v) is 3.82. The lowest BCUT2D eigenvalue weighted by Crippen LogP contribution is -1.99. The fourth-order valence-electron chi connectivity index (χ4n) is 1.46. The number of nitrogens with one attached hydrogen (secondary N) is 1. The van der Waals surface area contributed by atoms with Gasteiger partial charge in [-0.2, -0.15) is 4.98 Å². The van der Waals surface area contributed by atoms with Gasteiger partial charge < -0.3 is 4.74 Å². The Morgan fingerprint density at radius 2 is 2.22 bits per heavy atom. The largest absolute Gasteiger partial charge is 0.480 e. The molecule has 0 saturated heterocycles. The van der Waals surface area contributed by atoms with Crippen molar-refractivity contribution in [1.82, 2.24) is 15.0 Å². The highest BCUT2D eigenvalue weighted by Crippen LogP contribution is 2.26. The van der Waals surface area contributed by atoms with E-state index in [9.17, 15) is 0 Å². The predicted octanol–water partition coefficient (Wildman–Crippen LogP) is 3.32. The molecule has 0 aromatic carbocycles. The average Bonchev–Trinajstić information content (AvgIpc) is 2.72. The van der Waals surface area contributed by atoms with Gasteiger partial charge in [-0.1, -0.05) is 6.92 Å². The first kappa shape index (κ1) is 13.2. The highest BCUT2D eigenvalue weighted by molar-refractivity contribution is 9.10. The van der Waals surface area contributed by atoms with Crippen molar-refractivity contribution in [1.29, 1.82) is 0 Å². The Bertz CT molecular complexity index is 558. The van der Waals surface area contributed by atoms with Crippen LogP contribution >= 0.6 is 27.3 Å². The van der Waals surface area contributed by atoms with Gasteiger partial charge in [0.05, 0.1) is 23.5 Å². The molecule has 2 aromatic rings. The molecule has 0 fully saturated rings. The predicted molar refractivity (Wildman–Crippen MR) is 75.8 cm³/mol. The Labute approximate surface area is 118 Å². The monoisotopic (exact) mass is 328 g/mol. The van der Waals surface area contributed by atoms with Gasteiger partial charge in [-0.3, -0.25) is 5.32 Å². The molecule has 96 valence electrons. The van der Waals surface area contributed by atoms with Gasteiger partial charge in [0.15, 0.2) is 5.13 Å². The molecule has 18 heavy (non-hydrogen) atoms. The second-order valence-corrected chi connectivity index (χ2v) is 5.61. The van der Waals surface area contributed by atoms with E-state index in [4.69, 9.17) is 4.74 Å². The highest BCUT2D eigenvalue weighted by Gasteiger charge is 2.09. The molecule has 0 amide bonds. The van der Waals surface area contributed by atoms with Crippen molar-refractivity contribution in [3.05, 3.63) is 21.2 Å². The van der Waals surface area contributed by atoms with Crippen LogP contribution < -0.4 is 10.1 Å². The first-order chi connectivity index (χ1) is 8.63. The number of aryl methyl sites for hydroxylation is 2. The van der Waals surface area contributed by atoms with Crippen molar-refractivity contribution >= 4 is 38.3 Å². The number of ether oxygens (including phenoxy) is 1. The van der Waals surface area contributed by atoms with Crippen molar-refractivity contribution < 1.29 is 4.74 Å². The summed E-state index contributed by atoms with van der Waals surface area (Å²) in [5.41, 5.74) is 1.10. The number of thiazole rings is 1.